The van der Waals surface area contributed by atoms with Crippen LogP contribution in [0.3, 0.4) is 0 Å². The molecule has 144 valence electrons. The van der Waals surface area contributed by atoms with Gasteiger partial charge in [-0.25, -0.2) is 4.68 Å². The van der Waals surface area contributed by atoms with Gasteiger partial charge in [-0.15, -0.1) is 0 Å². The third kappa shape index (κ3) is 4.27. The first-order valence-electron chi connectivity index (χ1n) is 8.88. The van der Waals surface area contributed by atoms with Crippen molar-refractivity contribution >= 4 is 29.0 Å². The van der Waals surface area contributed by atoms with Crippen molar-refractivity contribution in [2.24, 2.45) is 0 Å². The Balaban J connectivity index is 1.49. The van der Waals surface area contributed by atoms with E-state index in [9.17, 15) is 5.26 Å². The van der Waals surface area contributed by atoms with Gasteiger partial charge in [0.2, 0.25) is 0 Å². The van der Waals surface area contributed by atoms with Crippen LogP contribution in [0.5, 0.6) is 0 Å². The van der Waals surface area contributed by atoms with Gasteiger partial charge >= 0.3 is 0 Å². The molecule has 4 aromatic rings. The molecule has 0 atom stereocenters. The molecule has 0 radical (unpaired) electrons. The summed E-state index contributed by atoms with van der Waals surface area (Å²) in [6.07, 6.45) is 4.11. The highest BCUT2D eigenvalue weighted by Crippen LogP contribution is 2.24. The van der Waals surface area contributed by atoms with E-state index in [-0.39, 0.29) is 0 Å². The van der Waals surface area contributed by atoms with E-state index in [4.69, 9.17) is 23.2 Å². The fraction of sp³-hybridized carbons (Fsp3) is 0.0952. The van der Waals surface area contributed by atoms with Crippen LogP contribution in [0.1, 0.15) is 22.4 Å². The SMILES string of the molecule is N#Cc1c(NCc2ccc(-n3cccn3)cc2Cl)n[nH]c1Cc1cccc(Cl)c1. The maximum Gasteiger partial charge on any atom is 0.166 e. The first kappa shape index (κ1) is 19.1. The second-order valence-corrected chi connectivity index (χ2v) is 7.27. The molecule has 2 aromatic carbocycles. The van der Waals surface area contributed by atoms with Gasteiger partial charge in [0.1, 0.15) is 11.6 Å². The second-order valence-electron chi connectivity index (χ2n) is 6.42. The predicted molar refractivity (Wildman–Crippen MR) is 113 cm³/mol. The number of rotatable bonds is 6. The molecular weight excluding hydrogens is 407 g/mol. The quantitative estimate of drug-likeness (QED) is 0.459. The minimum Gasteiger partial charge on any atom is -0.363 e. The Morgan fingerprint density at radius 1 is 1.14 bits per heavy atom. The van der Waals surface area contributed by atoms with Gasteiger partial charge in [0, 0.05) is 35.4 Å². The van der Waals surface area contributed by atoms with Crippen LogP contribution in [0.25, 0.3) is 5.69 Å². The number of halogens is 2. The molecule has 6 nitrogen and oxygen atoms in total. The van der Waals surface area contributed by atoms with E-state index >= 15 is 0 Å². The Kier molecular flexibility index (Phi) is 5.52. The van der Waals surface area contributed by atoms with E-state index in [2.05, 4.69) is 26.7 Å². The summed E-state index contributed by atoms with van der Waals surface area (Å²) < 4.78 is 1.74. The van der Waals surface area contributed by atoms with Crippen LogP contribution in [0.2, 0.25) is 10.0 Å². The molecule has 2 aromatic heterocycles. The van der Waals surface area contributed by atoms with Crippen molar-refractivity contribution in [2.45, 2.75) is 13.0 Å². The lowest BCUT2D eigenvalue weighted by molar-refractivity contribution is 0.879. The molecule has 8 heteroatoms. The Hall–Kier alpha value is -3.27. The topological polar surface area (TPSA) is 82.3 Å². The van der Waals surface area contributed by atoms with Crippen molar-refractivity contribution in [3.63, 3.8) is 0 Å². The standard InChI is InChI=1S/C21H16Cl2N6/c22-16-4-1-3-14(9-16)10-20-18(12-24)21(28-27-20)25-13-15-5-6-17(11-19(15)23)29-8-2-7-26-29/h1-9,11H,10,13H2,(H2,25,27,28). The normalized spacial score (nSPS) is 10.7. The van der Waals surface area contributed by atoms with Gasteiger partial charge in [-0.2, -0.15) is 15.5 Å². The number of nitriles is 1. The van der Waals surface area contributed by atoms with Gasteiger partial charge in [-0.05, 0) is 41.5 Å². The van der Waals surface area contributed by atoms with E-state index in [0.717, 1.165) is 22.5 Å². The number of aromatic nitrogens is 4. The monoisotopic (exact) mass is 422 g/mol. The van der Waals surface area contributed by atoms with Gasteiger partial charge < -0.3 is 5.32 Å². The van der Waals surface area contributed by atoms with Gasteiger partial charge in [-0.3, -0.25) is 5.10 Å². The third-order valence-electron chi connectivity index (χ3n) is 4.47. The highest BCUT2D eigenvalue weighted by Gasteiger charge is 2.14. The molecule has 0 unspecified atom stereocenters. The summed E-state index contributed by atoms with van der Waals surface area (Å²) in [6, 6.07) is 17.3. The number of nitrogens with zero attached hydrogens (tertiary/aromatic N) is 4. The van der Waals surface area contributed by atoms with Crippen LogP contribution >= 0.6 is 23.2 Å². The van der Waals surface area contributed by atoms with Crippen LogP contribution < -0.4 is 5.32 Å². The Morgan fingerprint density at radius 2 is 2.03 bits per heavy atom. The van der Waals surface area contributed by atoms with E-state index in [1.54, 1.807) is 10.9 Å². The number of nitrogens with one attached hydrogen (secondary N) is 2. The van der Waals surface area contributed by atoms with Crippen molar-refractivity contribution in [3.8, 4) is 11.8 Å². The molecule has 0 saturated heterocycles. The summed E-state index contributed by atoms with van der Waals surface area (Å²) in [5.41, 5.74) is 3.99. The summed E-state index contributed by atoms with van der Waals surface area (Å²) >= 11 is 12.5. The number of anilines is 1. The molecule has 2 heterocycles. The van der Waals surface area contributed by atoms with Crippen LogP contribution in [0, 0.1) is 11.3 Å². The molecule has 29 heavy (non-hydrogen) atoms. The largest absolute Gasteiger partial charge is 0.363 e. The summed E-state index contributed by atoms with van der Waals surface area (Å²) in [5, 5.41) is 25.5. The van der Waals surface area contributed by atoms with Crippen molar-refractivity contribution in [3.05, 3.63) is 93.4 Å². The first-order chi connectivity index (χ1) is 14.1. The summed E-state index contributed by atoms with van der Waals surface area (Å²) in [6.45, 7) is 0.439. The van der Waals surface area contributed by atoms with Crippen molar-refractivity contribution in [1.82, 2.24) is 20.0 Å². The molecule has 0 bridgehead atoms. The van der Waals surface area contributed by atoms with E-state index < -0.39 is 0 Å². The zero-order valence-electron chi connectivity index (χ0n) is 15.2. The zero-order chi connectivity index (χ0) is 20.2. The molecule has 0 aliphatic carbocycles. The van der Waals surface area contributed by atoms with E-state index in [0.29, 0.717) is 34.4 Å². The lowest BCUT2D eigenvalue weighted by Crippen LogP contribution is -2.03. The molecule has 0 saturated carbocycles. The fourth-order valence-corrected chi connectivity index (χ4v) is 3.48. The maximum atomic E-state index is 9.60. The lowest BCUT2D eigenvalue weighted by Gasteiger charge is -2.09. The van der Waals surface area contributed by atoms with Gasteiger partial charge in [-0.1, -0.05) is 41.4 Å². The summed E-state index contributed by atoms with van der Waals surface area (Å²) in [5.74, 6) is 0.497. The average molecular weight is 423 g/mol. The lowest BCUT2D eigenvalue weighted by atomic mass is 10.1. The first-order valence-corrected chi connectivity index (χ1v) is 9.63. The number of aromatic amines is 1. The third-order valence-corrected chi connectivity index (χ3v) is 5.06. The molecule has 0 aliphatic rings. The van der Waals surface area contributed by atoms with Crippen molar-refractivity contribution in [2.75, 3.05) is 5.32 Å². The molecule has 0 fully saturated rings. The smallest absolute Gasteiger partial charge is 0.166 e. The Labute approximate surface area is 177 Å². The van der Waals surface area contributed by atoms with E-state index in [1.807, 2.05) is 54.7 Å². The van der Waals surface area contributed by atoms with Crippen LogP contribution in [0.15, 0.2) is 60.9 Å². The number of H-pyrrole nitrogens is 1. The molecule has 4 rings (SSSR count). The average Bonchev–Trinajstić information content (AvgIpc) is 3.37. The highest BCUT2D eigenvalue weighted by atomic mass is 35.5. The van der Waals surface area contributed by atoms with E-state index in [1.165, 1.54) is 0 Å². The van der Waals surface area contributed by atoms with Gasteiger partial charge in [0.15, 0.2) is 5.82 Å². The number of hydrogen-bond acceptors (Lipinski definition) is 4. The number of hydrogen-bond donors (Lipinski definition) is 2. The van der Waals surface area contributed by atoms with Gasteiger partial charge in [0.25, 0.3) is 0 Å². The van der Waals surface area contributed by atoms with Crippen LogP contribution in [-0.4, -0.2) is 20.0 Å². The minimum absolute atomic E-state index is 0.439. The zero-order valence-corrected chi connectivity index (χ0v) is 16.7. The van der Waals surface area contributed by atoms with Crippen LogP contribution in [-0.2, 0) is 13.0 Å². The molecule has 0 amide bonds. The Morgan fingerprint density at radius 3 is 2.76 bits per heavy atom. The maximum absolute atomic E-state index is 9.60. The van der Waals surface area contributed by atoms with Gasteiger partial charge in [0.05, 0.1) is 11.4 Å². The second kappa shape index (κ2) is 8.39. The molecular formula is C21H16Cl2N6. The molecule has 0 aliphatic heterocycles. The summed E-state index contributed by atoms with van der Waals surface area (Å²) in [4.78, 5) is 0. The minimum atomic E-state index is 0.439. The Bertz CT molecular complexity index is 1170. The fourth-order valence-electron chi connectivity index (χ4n) is 3.03. The van der Waals surface area contributed by atoms with Crippen LogP contribution in [0.4, 0.5) is 5.82 Å². The number of benzene rings is 2. The van der Waals surface area contributed by atoms with Crippen molar-refractivity contribution in [1.29, 1.82) is 5.26 Å². The summed E-state index contributed by atoms with van der Waals surface area (Å²) in [7, 11) is 0. The van der Waals surface area contributed by atoms with Crippen molar-refractivity contribution < 1.29 is 0 Å². The molecule has 0 spiro atoms. The molecule has 2 N–H and O–H groups in total. The predicted octanol–water partition coefficient (Wildman–Crippen LogP) is 4.98. The highest BCUT2D eigenvalue weighted by molar-refractivity contribution is 6.31.